The molecule has 8 heteroatoms. The van der Waals surface area contributed by atoms with E-state index in [0.717, 1.165) is 31.6 Å². The Hall–Kier alpha value is -3.03. The molecule has 0 radical (unpaired) electrons. The number of rotatable bonds is 4. The zero-order chi connectivity index (χ0) is 20.4. The minimum atomic E-state index is -0.617. The molecule has 2 saturated heterocycles. The van der Waals surface area contributed by atoms with E-state index in [-0.39, 0.29) is 24.5 Å². The van der Waals surface area contributed by atoms with Crippen molar-refractivity contribution in [3.8, 4) is 0 Å². The van der Waals surface area contributed by atoms with Gasteiger partial charge in [0.1, 0.15) is 18.6 Å². The summed E-state index contributed by atoms with van der Waals surface area (Å²) < 4.78 is 10.9. The lowest BCUT2D eigenvalue weighted by Crippen LogP contribution is -2.52. The third-order valence-electron chi connectivity index (χ3n) is 5.88. The maximum absolute atomic E-state index is 12.8. The number of benzene rings is 1. The minimum Gasteiger partial charge on any atom is -0.459 e. The Kier molecular flexibility index (Phi) is 5.42. The number of carbonyl (C=O) groups excluding carboxylic acids is 3. The molecule has 0 spiro atoms. The third kappa shape index (κ3) is 4.06. The highest BCUT2D eigenvalue weighted by Gasteiger charge is 2.33. The van der Waals surface area contributed by atoms with Crippen molar-refractivity contribution in [3.05, 3.63) is 42.4 Å². The monoisotopic (exact) mass is 399 g/mol. The van der Waals surface area contributed by atoms with Gasteiger partial charge in [-0.1, -0.05) is 0 Å². The van der Waals surface area contributed by atoms with Crippen LogP contribution in [0.3, 0.4) is 0 Å². The molecule has 1 aromatic rings. The van der Waals surface area contributed by atoms with E-state index in [4.69, 9.17) is 9.47 Å². The number of nitrogens with one attached hydrogen (secondary N) is 1. The van der Waals surface area contributed by atoms with Gasteiger partial charge in [-0.15, -0.1) is 0 Å². The summed E-state index contributed by atoms with van der Waals surface area (Å²) in [6.45, 7) is 1.80. The fourth-order valence-electron chi connectivity index (χ4n) is 4.11. The predicted molar refractivity (Wildman–Crippen MR) is 105 cm³/mol. The minimum absolute atomic E-state index is 0.167. The Bertz CT molecular complexity index is 806. The van der Waals surface area contributed by atoms with Crippen molar-refractivity contribution >= 4 is 23.4 Å². The highest BCUT2D eigenvalue weighted by Crippen LogP contribution is 2.29. The number of piperidine rings is 2. The van der Waals surface area contributed by atoms with Gasteiger partial charge in [-0.25, -0.2) is 0 Å². The molecule has 4 rings (SSSR count). The molecule has 8 nitrogen and oxygen atoms in total. The zero-order valence-corrected chi connectivity index (χ0v) is 16.4. The molecule has 0 saturated carbocycles. The molecule has 154 valence electrons. The summed E-state index contributed by atoms with van der Waals surface area (Å²) in [6.07, 6.45) is 5.58. The van der Waals surface area contributed by atoms with Crippen molar-refractivity contribution in [1.82, 2.24) is 10.2 Å². The van der Waals surface area contributed by atoms with Gasteiger partial charge in [-0.05, 0) is 43.5 Å². The normalized spacial score (nSPS) is 22.8. The van der Waals surface area contributed by atoms with E-state index in [1.807, 2.05) is 12.1 Å². The maximum atomic E-state index is 12.8. The van der Waals surface area contributed by atoms with Gasteiger partial charge in [0.2, 0.25) is 18.1 Å². The fourth-order valence-corrected chi connectivity index (χ4v) is 4.11. The first-order valence-electron chi connectivity index (χ1n) is 9.95. The summed E-state index contributed by atoms with van der Waals surface area (Å²) in [4.78, 5) is 39.8. The number of imide groups is 1. The van der Waals surface area contributed by atoms with E-state index in [1.54, 1.807) is 31.7 Å². The number of likely N-dealkylation sites (N-methyl/N-ethyl adjacent to an activating group) is 1. The van der Waals surface area contributed by atoms with Crippen LogP contribution in [0.2, 0.25) is 0 Å². The zero-order valence-electron chi connectivity index (χ0n) is 16.4. The van der Waals surface area contributed by atoms with Crippen LogP contribution in [-0.2, 0) is 19.1 Å². The van der Waals surface area contributed by atoms with Gasteiger partial charge >= 0.3 is 0 Å². The molecule has 1 aromatic carbocycles. The Morgan fingerprint density at radius 3 is 2.34 bits per heavy atom. The van der Waals surface area contributed by atoms with Crippen LogP contribution in [0.4, 0.5) is 5.69 Å². The van der Waals surface area contributed by atoms with Crippen LogP contribution in [0.5, 0.6) is 0 Å². The van der Waals surface area contributed by atoms with Crippen LogP contribution in [0.15, 0.2) is 36.8 Å². The van der Waals surface area contributed by atoms with Crippen LogP contribution < -0.4 is 10.2 Å². The second kappa shape index (κ2) is 8.14. The van der Waals surface area contributed by atoms with Crippen LogP contribution in [0, 0.1) is 5.92 Å². The lowest BCUT2D eigenvalue weighted by molar-refractivity contribution is -0.136. The number of amides is 3. The summed E-state index contributed by atoms with van der Waals surface area (Å²) >= 11 is 0. The van der Waals surface area contributed by atoms with Crippen molar-refractivity contribution in [2.75, 3.05) is 25.0 Å². The Morgan fingerprint density at radius 2 is 1.72 bits per heavy atom. The summed E-state index contributed by atoms with van der Waals surface area (Å²) in [5, 5.41) is 2.29. The second-order valence-corrected chi connectivity index (χ2v) is 7.67. The molecule has 3 aliphatic rings. The molecule has 3 heterocycles. The predicted octanol–water partition coefficient (Wildman–Crippen LogP) is 1.62. The molecular weight excluding hydrogens is 374 g/mol. The molecule has 0 bridgehead atoms. The molecule has 0 aromatic heterocycles. The van der Waals surface area contributed by atoms with E-state index >= 15 is 0 Å². The highest BCUT2D eigenvalue weighted by atomic mass is 16.7. The van der Waals surface area contributed by atoms with Crippen molar-refractivity contribution < 1.29 is 23.9 Å². The lowest BCUT2D eigenvalue weighted by atomic mass is 9.95. The fraction of sp³-hybridized carbons (Fsp3) is 0.476. The number of nitrogens with zero attached hydrogens (tertiary/aromatic N) is 2. The Balaban J connectivity index is 1.34. The molecule has 1 N–H and O–H groups in total. The molecular formula is C21H25N3O5. The van der Waals surface area contributed by atoms with Crippen molar-refractivity contribution in [2.45, 2.75) is 38.0 Å². The largest absolute Gasteiger partial charge is 0.459 e. The van der Waals surface area contributed by atoms with Crippen molar-refractivity contribution in [2.24, 2.45) is 5.92 Å². The number of anilines is 1. The maximum Gasteiger partial charge on any atom is 0.254 e. The van der Waals surface area contributed by atoms with E-state index < -0.39 is 11.9 Å². The Labute approximate surface area is 169 Å². The molecule has 0 aliphatic carbocycles. The first-order chi connectivity index (χ1) is 14.0. The standard InChI is InChI=1S/C21H25N3O5/c1-23(17-6-7-18(25)22-19(17)26)20(27)14-2-4-16(5-3-14)24-10-8-15(9-11-24)21-28-12-13-29-21/h2-5,12-13,15,17,21H,6-11H2,1H3,(H,22,25,26). The van der Waals surface area contributed by atoms with Crippen molar-refractivity contribution in [3.63, 3.8) is 0 Å². The lowest BCUT2D eigenvalue weighted by Gasteiger charge is -2.35. The van der Waals surface area contributed by atoms with E-state index in [0.29, 0.717) is 17.9 Å². The van der Waals surface area contributed by atoms with Crippen LogP contribution in [0.1, 0.15) is 36.0 Å². The van der Waals surface area contributed by atoms with E-state index in [1.165, 1.54) is 4.90 Å². The van der Waals surface area contributed by atoms with Gasteiger partial charge in [-0.3, -0.25) is 19.7 Å². The van der Waals surface area contributed by atoms with Gasteiger partial charge in [0.05, 0.1) is 0 Å². The Morgan fingerprint density at radius 1 is 1.07 bits per heavy atom. The van der Waals surface area contributed by atoms with Gasteiger partial charge in [0.25, 0.3) is 5.91 Å². The van der Waals surface area contributed by atoms with Gasteiger partial charge in [-0.2, -0.15) is 0 Å². The first kappa shape index (κ1) is 19.3. The average Bonchev–Trinajstić information content (AvgIpc) is 3.28. The summed E-state index contributed by atoms with van der Waals surface area (Å²) in [5.41, 5.74) is 1.59. The molecule has 29 heavy (non-hydrogen) atoms. The van der Waals surface area contributed by atoms with Crippen LogP contribution in [0.25, 0.3) is 0 Å². The topological polar surface area (TPSA) is 88.2 Å². The summed E-state index contributed by atoms with van der Waals surface area (Å²) in [5.74, 6) is -0.554. The molecule has 3 aliphatic heterocycles. The molecule has 2 fully saturated rings. The quantitative estimate of drug-likeness (QED) is 0.775. The highest BCUT2D eigenvalue weighted by molar-refractivity contribution is 6.03. The molecule has 1 unspecified atom stereocenters. The average molecular weight is 399 g/mol. The van der Waals surface area contributed by atoms with Crippen LogP contribution in [-0.4, -0.2) is 55.1 Å². The molecule has 3 amide bonds. The second-order valence-electron chi connectivity index (χ2n) is 7.67. The number of hydrogen-bond acceptors (Lipinski definition) is 6. The van der Waals surface area contributed by atoms with Gasteiger partial charge in [0, 0.05) is 43.7 Å². The number of hydrogen-bond donors (Lipinski definition) is 1. The SMILES string of the molecule is CN(C(=O)c1ccc(N2CCC(C3OC=CO3)CC2)cc1)C1CCC(=O)NC1=O. The molecule has 1 atom stereocenters. The number of carbonyl (C=O) groups is 3. The van der Waals surface area contributed by atoms with Gasteiger partial charge < -0.3 is 19.3 Å². The smallest absolute Gasteiger partial charge is 0.254 e. The van der Waals surface area contributed by atoms with Gasteiger partial charge in [0.15, 0.2) is 0 Å². The number of ether oxygens (including phenoxy) is 2. The van der Waals surface area contributed by atoms with Crippen molar-refractivity contribution in [1.29, 1.82) is 0 Å². The third-order valence-corrected chi connectivity index (χ3v) is 5.88. The van der Waals surface area contributed by atoms with E-state index in [9.17, 15) is 14.4 Å². The summed E-state index contributed by atoms with van der Waals surface area (Å²) in [7, 11) is 1.60. The first-order valence-corrected chi connectivity index (χ1v) is 9.95. The van der Waals surface area contributed by atoms with E-state index in [2.05, 4.69) is 10.2 Å². The summed E-state index contributed by atoms with van der Waals surface area (Å²) in [6, 6.07) is 6.85. The van der Waals surface area contributed by atoms with Crippen LogP contribution >= 0.6 is 0 Å².